The van der Waals surface area contributed by atoms with E-state index < -0.39 is 0 Å². The standard InChI is InChI=1S/C12H24N4O/c1-11-12(10-16(3)14-11)9-13-5-6-15(2)7-8-17-4/h10,13H,5-9H2,1-4H3. The van der Waals surface area contributed by atoms with Crippen molar-refractivity contribution >= 4 is 0 Å². The molecule has 1 N–H and O–H groups in total. The highest BCUT2D eigenvalue weighted by atomic mass is 16.5. The minimum atomic E-state index is 0.790. The first-order valence-electron chi connectivity index (χ1n) is 6.00. The monoisotopic (exact) mass is 240 g/mol. The van der Waals surface area contributed by atoms with E-state index in [1.807, 2.05) is 18.7 Å². The lowest BCUT2D eigenvalue weighted by Crippen LogP contribution is -2.31. The summed E-state index contributed by atoms with van der Waals surface area (Å²) in [6.45, 7) is 6.71. The number of rotatable bonds is 8. The summed E-state index contributed by atoms with van der Waals surface area (Å²) in [6.07, 6.45) is 2.07. The Kier molecular flexibility index (Phi) is 6.18. The summed E-state index contributed by atoms with van der Waals surface area (Å²) in [7, 11) is 5.79. The van der Waals surface area contributed by atoms with Gasteiger partial charge in [-0.2, -0.15) is 5.10 Å². The van der Waals surface area contributed by atoms with Crippen molar-refractivity contribution in [3.8, 4) is 0 Å². The Hall–Kier alpha value is -0.910. The van der Waals surface area contributed by atoms with Gasteiger partial charge >= 0.3 is 0 Å². The van der Waals surface area contributed by atoms with Crippen molar-refractivity contribution in [2.75, 3.05) is 40.4 Å². The van der Waals surface area contributed by atoms with Crippen LogP contribution in [0.4, 0.5) is 0 Å². The lowest BCUT2D eigenvalue weighted by atomic mass is 10.2. The van der Waals surface area contributed by atoms with Crippen molar-refractivity contribution in [1.29, 1.82) is 0 Å². The number of methoxy groups -OCH3 is 1. The van der Waals surface area contributed by atoms with Crippen LogP contribution in [0.1, 0.15) is 11.3 Å². The highest BCUT2D eigenvalue weighted by molar-refractivity contribution is 5.14. The van der Waals surface area contributed by atoms with Gasteiger partial charge in [0.15, 0.2) is 0 Å². The molecule has 5 heteroatoms. The molecule has 1 aromatic heterocycles. The minimum absolute atomic E-state index is 0.790. The van der Waals surface area contributed by atoms with Gasteiger partial charge in [-0.25, -0.2) is 0 Å². The van der Waals surface area contributed by atoms with E-state index in [9.17, 15) is 0 Å². The summed E-state index contributed by atoms with van der Waals surface area (Å²) < 4.78 is 6.89. The largest absolute Gasteiger partial charge is 0.383 e. The predicted octanol–water partition coefficient (Wildman–Crippen LogP) is 0.396. The van der Waals surface area contributed by atoms with Crippen LogP contribution in [-0.2, 0) is 18.3 Å². The van der Waals surface area contributed by atoms with Gasteiger partial charge in [0, 0.05) is 52.1 Å². The molecule has 1 rings (SSSR count). The second-order valence-electron chi connectivity index (χ2n) is 4.39. The van der Waals surface area contributed by atoms with E-state index in [0.29, 0.717) is 0 Å². The molecule has 0 aliphatic carbocycles. The highest BCUT2D eigenvalue weighted by Crippen LogP contribution is 2.03. The first-order chi connectivity index (χ1) is 8.13. The van der Waals surface area contributed by atoms with Gasteiger partial charge in [0.1, 0.15) is 0 Å². The number of hydrogen-bond acceptors (Lipinski definition) is 4. The Balaban J connectivity index is 2.14. The Labute approximate surface area is 104 Å². The number of ether oxygens (including phenoxy) is 1. The van der Waals surface area contributed by atoms with Crippen LogP contribution in [0.15, 0.2) is 6.20 Å². The Morgan fingerprint density at radius 3 is 2.82 bits per heavy atom. The number of aromatic nitrogens is 2. The normalized spacial score (nSPS) is 11.4. The van der Waals surface area contributed by atoms with Crippen LogP contribution in [0, 0.1) is 6.92 Å². The van der Waals surface area contributed by atoms with Crippen molar-refractivity contribution in [3.63, 3.8) is 0 Å². The average molecular weight is 240 g/mol. The number of aryl methyl sites for hydroxylation is 2. The molecule has 0 aliphatic heterocycles. The van der Waals surface area contributed by atoms with Gasteiger partial charge in [-0.3, -0.25) is 4.68 Å². The number of hydrogen-bond donors (Lipinski definition) is 1. The molecule has 5 nitrogen and oxygen atoms in total. The van der Waals surface area contributed by atoms with Gasteiger partial charge in [-0.15, -0.1) is 0 Å². The number of nitrogens with one attached hydrogen (secondary N) is 1. The van der Waals surface area contributed by atoms with Gasteiger partial charge < -0.3 is 15.0 Å². The molecular weight excluding hydrogens is 216 g/mol. The molecule has 0 fully saturated rings. The van der Waals surface area contributed by atoms with Crippen molar-refractivity contribution in [3.05, 3.63) is 17.5 Å². The van der Waals surface area contributed by atoms with Gasteiger partial charge in [0.25, 0.3) is 0 Å². The molecule has 17 heavy (non-hydrogen) atoms. The SMILES string of the molecule is COCCN(C)CCNCc1cn(C)nc1C. The van der Waals surface area contributed by atoms with Gasteiger partial charge in [0.2, 0.25) is 0 Å². The van der Waals surface area contributed by atoms with Crippen LogP contribution in [-0.4, -0.2) is 55.1 Å². The van der Waals surface area contributed by atoms with Gasteiger partial charge in [-0.1, -0.05) is 0 Å². The summed E-state index contributed by atoms with van der Waals surface area (Å²) in [5.74, 6) is 0. The lowest BCUT2D eigenvalue weighted by molar-refractivity contribution is 0.161. The molecule has 0 saturated heterocycles. The topological polar surface area (TPSA) is 42.3 Å². The third kappa shape index (κ3) is 5.30. The number of likely N-dealkylation sites (N-methyl/N-ethyl adjacent to an activating group) is 1. The molecule has 0 bridgehead atoms. The summed E-state index contributed by atoms with van der Waals surface area (Å²) in [6, 6.07) is 0. The molecule has 98 valence electrons. The number of nitrogens with zero attached hydrogens (tertiary/aromatic N) is 3. The maximum absolute atomic E-state index is 5.03. The second kappa shape index (κ2) is 7.42. The smallest absolute Gasteiger partial charge is 0.0638 e. The van der Waals surface area contributed by atoms with E-state index in [2.05, 4.69) is 28.6 Å². The molecule has 0 atom stereocenters. The molecular formula is C12H24N4O. The van der Waals surface area contributed by atoms with Crippen LogP contribution in [0.5, 0.6) is 0 Å². The molecule has 1 heterocycles. The van der Waals surface area contributed by atoms with Gasteiger partial charge in [-0.05, 0) is 14.0 Å². The average Bonchev–Trinajstić information content (AvgIpc) is 2.60. The van der Waals surface area contributed by atoms with Crippen molar-refractivity contribution < 1.29 is 4.74 Å². The maximum atomic E-state index is 5.03. The lowest BCUT2D eigenvalue weighted by Gasteiger charge is -2.16. The van der Waals surface area contributed by atoms with Crippen LogP contribution in [0.2, 0.25) is 0 Å². The second-order valence-corrected chi connectivity index (χ2v) is 4.39. The fourth-order valence-corrected chi connectivity index (χ4v) is 1.67. The quantitative estimate of drug-likeness (QED) is 0.668. The first kappa shape index (κ1) is 14.2. The fourth-order valence-electron chi connectivity index (χ4n) is 1.67. The molecule has 0 spiro atoms. The zero-order chi connectivity index (χ0) is 12.7. The summed E-state index contributed by atoms with van der Waals surface area (Å²) >= 11 is 0. The molecule has 0 unspecified atom stereocenters. The Bertz CT molecular complexity index is 324. The van der Waals surface area contributed by atoms with E-state index in [0.717, 1.165) is 38.5 Å². The van der Waals surface area contributed by atoms with E-state index >= 15 is 0 Å². The van der Waals surface area contributed by atoms with E-state index in [1.54, 1.807) is 7.11 Å². The molecule has 0 radical (unpaired) electrons. The van der Waals surface area contributed by atoms with Crippen molar-refractivity contribution in [2.24, 2.45) is 7.05 Å². The summed E-state index contributed by atoms with van der Waals surface area (Å²) in [5.41, 5.74) is 2.37. The molecule has 0 saturated carbocycles. The van der Waals surface area contributed by atoms with Crippen LogP contribution >= 0.6 is 0 Å². The molecule has 0 amide bonds. The zero-order valence-electron chi connectivity index (χ0n) is 11.4. The summed E-state index contributed by atoms with van der Waals surface area (Å²) in [5, 5.41) is 7.74. The van der Waals surface area contributed by atoms with E-state index in [4.69, 9.17) is 4.74 Å². The van der Waals surface area contributed by atoms with Crippen LogP contribution in [0.3, 0.4) is 0 Å². The van der Waals surface area contributed by atoms with Crippen LogP contribution in [0.25, 0.3) is 0 Å². The van der Waals surface area contributed by atoms with E-state index in [1.165, 1.54) is 5.56 Å². The Morgan fingerprint density at radius 1 is 1.47 bits per heavy atom. The minimum Gasteiger partial charge on any atom is -0.383 e. The van der Waals surface area contributed by atoms with Crippen molar-refractivity contribution in [2.45, 2.75) is 13.5 Å². The predicted molar refractivity (Wildman–Crippen MR) is 69.0 cm³/mol. The summed E-state index contributed by atoms with van der Waals surface area (Å²) in [4.78, 5) is 2.26. The fraction of sp³-hybridized carbons (Fsp3) is 0.750. The molecule has 0 aliphatic rings. The molecule has 1 aromatic rings. The van der Waals surface area contributed by atoms with Crippen LogP contribution < -0.4 is 5.32 Å². The van der Waals surface area contributed by atoms with E-state index in [-0.39, 0.29) is 0 Å². The maximum Gasteiger partial charge on any atom is 0.0638 e. The van der Waals surface area contributed by atoms with Gasteiger partial charge in [0.05, 0.1) is 12.3 Å². The molecule has 0 aromatic carbocycles. The zero-order valence-corrected chi connectivity index (χ0v) is 11.4. The third-order valence-corrected chi connectivity index (χ3v) is 2.78. The Morgan fingerprint density at radius 2 is 2.24 bits per heavy atom. The third-order valence-electron chi connectivity index (χ3n) is 2.78. The van der Waals surface area contributed by atoms with Crippen molar-refractivity contribution in [1.82, 2.24) is 20.0 Å². The highest BCUT2D eigenvalue weighted by Gasteiger charge is 2.02. The first-order valence-corrected chi connectivity index (χ1v) is 6.00.